The van der Waals surface area contributed by atoms with Crippen LogP contribution in [0.5, 0.6) is 0 Å². The van der Waals surface area contributed by atoms with E-state index in [1.165, 1.54) is 25.7 Å². The summed E-state index contributed by atoms with van der Waals surface area (Å²) in [6.07, 6.45) is 7.09. The largest absolute Gasteiger partial charge is 0.394 e. The SMILES string of the molecule is CCC.O=C(OI)C12CCCC1CC2. The molecule has 2 fully saturated rings. The van der Waals surface area contributed by atoms with Crippen LogP contribution in [0.25, 0.3) is 0 Å². The number of carbonyl (C=O) groups excluding carboxylic acids is 1. The predicted octanol–water partition coefficient (Wildman–Crippen LogP) is 3.88. The van der Waals surface area contributed by atoms with Gasteiger partial charge in [0, 0.05) is 0 Å². The first kappa shape index (κ1) is 12.3. The van der Waals surface area contributed by atoms with Crippen LogP contribution in [0.2, 0.25) is 0 Å². The van der Waals surface area contributed by atoms with Crippen LogP contribution in [0.15, 0.2) is 0 Å². The Morgan fingerprint density at radius 2 is 2.07 bits per heavy atom. The molecule has 3 heteroatoms. The Kier molecular flexibility index (Phi) is 4.67. The average Bonchev–Trinajstić information content (AvgIpc) is 2.43. The summed E-state index contributed by atoms with van der Waals surface area (Å²) >= 11 is 1.71. The summed E-state index contributed by atoms with van der Waals surface area (Å²) < 4.78 is 4.79. The molecular formula is C11H19IO2. The van der Waals surface area contributed by atoms with Crippen molar-refractivity contribution in [2.45, 2.75) is 52.4 Å². The number of hydrogen-bond acceptors (Lipinski definition) is 2. The average molecular weight is 310 g/mol. The Morgan fingerprint density at radius 1 is 1.43 bits per heavy atom. The molecule has 0 aliphatic heterocycles. The number of carbonyl (C=O) groups is 1. The van der Waals surface area contributed by atoms with Gasteiger partial charge in [0.15, 0.2) is 23.0 Å². The zero-order valence-corrected chi connectivity index (χ0v) is 11.2. The second kappa shape index (κ2) is 5.33. The first-order valence-electron chi connectivity index (χ1n) is 5.54. The van der Waals surface area contributed by atoms with E-state index in [1.54, 1.807) is 23.0 Å². The van der Waals surface area contributed by atoms with Crippen LogP contribution in [0, 0.1) is 11.3 Å². The smallest absolute Gasteiger partial charge is 0.321 e. The van der Waals surface area contributed by atoms with Crippen molar-refractivity contribution in [1.29, 1.82) is 0 Å². The third-order valence-corrected chi connectivity index (χ3v) is 3.77. The molecule has 2 rings (SSSR count). The summed E-state index contributed by atoms with van der Waals surface area (Å²) in [4.78, 5) is 11.4. The van der Waals surface area contributed by atoms with Crippen molar-refractivity contribution >= 4 is 29.0 Å². The molecule has 2 unspecified atom stereocenters. The highest BCUT2D eigenvalue weighted by atomic mass is 127. The van der Waals surface area contributed by atoms with E-state index in [9.17, 15) is 4.79 Å². The molecule has 2 saturated carbocycles. The van der Waals surface area contributed by atoms with Crippen molar-refractivity contribution < 1.29 is 7.86 Å². The van der Waals surface area contributed by atoms with Gasteiger partial charge in [0.2, 0.25) is 0 Å². The molecule has 2 aliphatic rings. The molecule has 0 N–H and O–H groups in total. The van der Waals surface area contributed by atoms with E-state index in [0.717, 1.165) is 12.8 Å². The lowest BCUT2D eigenvalue weighted by Crippen LogP contribution is -2.42. The fourth-order valence-corrected chi connectivity index (χ4v) is 3.00. The van der Waals surface area contributed by atoms with Gasteiger partial charge < -0.3 is 3.07 Å². The highest BCUT2D eigenvalue weighted by Crippen LogP contribution is 2.58. The van der Waals surface area contributed by atoms with Crippen LogP contribution in [0.3, 0.4) is 0 Å². The fourth-order valence-electron chi connectivity index (χ4n) is 2.56. The molecule has 0 aromatic rings. The molecule has 0 heterocycles. The maximum Gasteiger partial charge on any atom is 0.321 e. The molecule has 14 heavy (non-hydrogen) atoms. The Labute approximate surface area is 100 Å². The number of rotatable bonds is 1. The van der Waals surface area contributed by atoms with Gasteiger partial charge in [0.05, 0.1) is 5.41 Å². The van der Waals surface area contributed by atoms with E-state index in [2.05, 4.69) is 13.8 Å². The maximum absolute atomic E-state index is 11.4. The van der Waals surface area contributed by atoms with Crippen molar-refractivity contribution in [1.82, 2.24) is 0 Å². The minimum absolute atomic E-state index is 0.0266. The van der Waals surface area contributed by atoms with Gasteiger partial charge in [-0.1, -0.05) is 26.7 Å². The van der Waals surface area contributed by atoms with Gasteiger partial charge >= 0.3 is 5.97 Å². The Balaban J connectivity index is 0.000000293. The van der Waals surface area contributed by atoms with Gasteiger partial charge in [-0.25, -0.2) is 0 Å². The first-order valence-corrected chi connectivity index (χ1v) is 6.42. The van der Waals surface area contributed by atoms with Crippen LogP contribution in [-0.4, -0.2) is 5.97 Å². The fraction of sp³-hybridized carbons (Fsp3) is 0.909. The number of fused-ring (bicyclic) bond motifs is 1. The third-order valence-electron chi connectivity index (χ3n) is 3.37. The molecule has 0 bridgehead atoms. The zero-order chi connectivity index (χ0) is 10.6. The van der Waals surface area contributed by atoms with Crippen molar-refractivity contribution in [3.05, 3.63) is 0 Å². The van der Waals surface area contributed by atoms with Gasteiger partial charge in [-0.3, -0.25) is 4.79 Å². The van der Waals surface area contributed by atoms with Gasteiger partial charge in [-0.2, -0.15) is 0 Å². The molecular weight excluding hydrogens is 291 g/mol. The second-order valence-electron chi connectivity index (χ2n) is 4.36. The summed E-state index contributed by atoms with van der Waals surface area (Å²) in [6, 6.07) is 0. The van der Waals surface area contributed by atoms with Crippen LogP contribution in [0.4, 0.5) is 0 Å². The number of halogens is 1. The lowest BCUT2D eigenvalue weighted by atomic mass is 9.62. The van der Waals surface area contributed by atoms with Crippen molar-refractivity contribution in [2.75, 3.05) is 0 Å². The predicted molar refractivity (Wildman–Crippen MR) is 65.1 cm³/mol. The summed E-state index contributed by atoms with van der Waals surface area (Å²) in [5, 5.41) is 0. The Morgan fingerprint density at radius 3 is 2.43 bits per heavy atom. The molecule has 2 aliphatic carbocycles. The van der Waals surface area contributed by atoms with Gasteiger partial charge in [-0.15, -0.1) is 0 Å². The molecule has 0 aromatic carbocycles. The topological polar surface area (TPSA) is 26.3 Å². The second-order valence-corrected chi connectivity index (χ2v) is 4.80. The Hall–Kier alpha value is 0.200. The molecule has 0 amide bonds. The lowest BCUT2D eigenvalue weighted by molar-refractivity contribution is -0.151. The zero-order valence-electron chi connectivity index (χ0n) is 9.01. The van der Waals surface area contributed by atoms with E-state index in [1.807, 2.05) is 0 Å². The van der Waals surface area contributed by atoms with Crippen molar-refractivity contribution in [3.8, 4) is 0 Å². The summed E-state index contributed by atoms with van der Waals surface area (Å²) in [6.45, 7) is 4.25. The van der Waals surface area contributed by atoms with E-state index >= 15 is 0 Å². The monoisotopic (exact) mass is 310 g/mol. The molecule has 0 saturated heterocycles. The molecule has 0 spiro atoms. The summed E-state index contributed by atoms with van der Waals surface area (Å²) in [7, 11) is 0. The molecule has 2 nitrogen and oxygen atoms in total. The van der Waals surface area contributed by atoms with E-state index in [0.29, 0.717) is 5.92 Å². The Bertz CT molecular complexity index is 205. The van der Waals surface area contributed by atoms with Crippen LogP contribution < -0.4 is 0 Å². The summed E-state index contributed by atoms with van der Waals surface area (Å²) in [5.41, 5.74) is -0.0266. The highest BCUT2D eigenvalue weighted by Gasteiger charge is 2.56. The normalized spacial score (nSPS) is 33.5. The molecule has 0 radical (unpaired) electrons. The minimum atomic E-state index is -0.0266. The minimum Gasteiger partial charge on any atom is -0.394 e. The van der Waals surface area contributed by atoms with Crippen LogP contribution >= 0.6 is 23.0 Å². The van der Waals surface area contributed by atoms with E-state index in [-0.39, 0.29) is 11.4 Å². The highest BCUT2D eigenvalue weighted by molar-refractivity contribution is 14.1. The van der Waals surface area contributed by atoms with E-state index < -0.39 is 0 Å². The third kappa shape index (κ3) is 2.07. The van der Waals surface area contributed by atoms with Crippen LogP contribution in [-0.2, 0) is 7.86 Å². The quantitative estimate of drug-likeness (QED) is 0.687. The molecule has 0 aromatic heterocycles. The molecule has 2 atom stereocenters. The van der Waals surface area contributed by atoms with Crippen molar-refractivity contribution in [3.63, 3.8) is 0 Å². The van der Waals surface area contributed by atoms with E-state index in [4.69, 9.17) is 3.07 Å². The van der Waals surface area contributed by atoms with Crippen molar-refractivity contribution in [2.24, 2.45) is 11.3 Å². The summed E-state index contributed by atoms with van der Waals surface area (Å²) in [5.74, 6) is 0.691. The standard InChI is InChI=1S/C8H11IO2.C3H8/c9-11-7(10)8-4-1-2-6(8)3-5-8;1-3-2/h6H,1-5H2;3H2,1-2H3. The van der Waals surface area contributed by atoms with Gasteiger partial charge in [0.1, 0.15) is 0 Å². The maximum atomic E-state index is 11.4. The number of hydrogen-bond donors (Lipinski definition) is 0. The lowest BCUT2D eigenvalue weighted by Gasteiger charge is -2.41. The van der Waals surface area contributed by atoms with Crippen LogP contribution in [0.1, 0.15) is 52.4 Å². The molecule has 82 valence electrons. The van der Waals surface area contributed by atoms with Gasteiger partial charge in [-0.05, 0) is 31.6 Å². The van der Waals surface area contributed by atoms with Gasteiger partial charge in [0.25, 0.3) is 0 Å². The first-order chi connectivity index (χ1) is 6.71.